The van der Waals surface area contributed by atoms with Crippen LogP contribution in [0.15, 0.2) is 0 Å². The summed E-state index contributed by atoms with van der Waals surface area (Å²) in [5, 5.41) is -0.469. The zero-order chi connectivity index (χ0) is 13.8. The minimum atomic E-state index is -0.234. The fraction of sp³-hybridized carbons (Fsp3) is 0.636. The number of carbonyl (C=O) groups excluding carboxylic acids is 4. The van der Waals surface area contributed by atoms with Crippen LogP contribution in [0.5, 0.6) is 0 Å². The van der Waals surface area contributed by atoms with E-state index in [2.05, 4.69) is 0 Å². The molecule has 8 heteroatoms. The van der Waals surface area contributed by atoms with Gasteiger partial charge < -0.3 is 0 Å². The highest BCUT2D eigenvalue weighted by Crippen LogP contribution is 2.20. The van der Waals surface area contributed by atoms with E-state index in [-0.39, 0.29) is 35.4 Å². The molecule has 2 aliphatic heterocycles. The van der Waals surface area contributed by atoms with Gasteiger partial charge in [0.1, 0.15) is 0 Å². The van der Waals surface area contributed by atoms with Gasteiger partial charge in [0.2, 0.25) is 11.8 Å². The van der Waals surface area contributed by atoms with Crippen molar-refractivity contribution in [2.24, 2.45) is 0 Å². The SMILES string of the molecule is O=C1CCSC(=O)N1CCCN1C(=O)CCSC1=O. The smallest absolute Gasteiger partial charge is 0.274 e. The maximum Gasteiger partial charge on any atom is 0.288 e. The Kier molecular flexibility index (Phi) is 4.87. The predicted octanol–water partition coefficient (Wildman–Crippen LogP) is 1.55. The first-order valence-electron chi connectivity index (χ1n) is 6.04. The second-order valence-electron chi connectivity index (χ2n) is 4.17. The summed E-state index contributed by atoms with van der Waals surface area (Å²) in [6, 6.07) is 0. The van der Waals surface area contributed by atoms with Crippen LogP contribution in [0.1, 0.15) is 19.3 Å². The molecule has 2 aliphatic rings. The molecule has 2 saturated heterocycles. The van der Waals surface area contributed by atoms with Crippen LogP contribution in [0.2, 0.25) is 0 Å². The van der Waals surface area contributed by atoms with Crippen LogP contribution in [-0.2, 0) is 9.59 Å². The first-order chi connectivity index (χ1) is 9.09. The van der Waals surface area contributed by atoms with Crippen molar-refractivity contribution in [3.05, 3.63) is 0 Å². The highest BCUT2D eigenvalue weighted by molar-refractivity contribution is 8.13. The summed E-state index contributed by atoms with van der Waals surface area (Å²) in [5.74, 6) is 0.728. The summed E-state index contributed by atoms with van der Waals surface area (Å²) in [5.41, 5.74) is 0. The third-order valence-electron chi connectivity index (χ3n) is 2.89. The molecule has 6 nitrogen and oxygen atoms in total. The maximum atomic E-state index is 11.6. The van der Waals surface area contributed by atoms with Crippen molar-refractivity contribution in [3.63, 3.8) is 0 Å². The molecule has 0 aromatic rings. The van der Waals surface area contributed by atoms with Crippen molar-refractivity contribution in [2.75, 3.05) is 24.6 Å². The van der Waals surface area contributed by atoms with Gasteiger partial charge in [-0.3, -0.25) is 29.0 Å². The predicted molar refractivity (Wildman–Crippen MR) is 73.0 cm³/mol. The van der Waals surface area contributed by atoms with Gasteiger partial charge in [-0.15, -0.1) is 0 Å². The molecule has 0 aromatic carbocycles. The van der Waals surface area contributed by atoms with Gasteiger partial charge in [0.15, 0.2) is 0 Å². The van der Waals surface area contributed by atoms with Crippen LogP contribution in [0.25, 0.3) is 0 Å². The molecule has 0 radical (unpaired) electrons. The second-order valence-corrected chi connectivity index (χ2v) is 6.27. The van der Waals surface area contributed by atoms with E-state index in [4.69, 9.17) is 0 Å². The molecule has 4 amide bonds. The molecule has 0 aliphatic carbocycles. The van der Waals surface area contributed by atoms with E-state index in [1.54, 1.807) is 0 Å². The van der Waals surface area contributed by atoms with E-state index in [0.717, 1.165) is 23.5 Å². The molecule has 0 spiro atoms. The lowest BCUT2D eigenvalue weighted by Gasteiger charge is -2.27. The number of hydrogen-bond acceptors (Lipinski definition) is 6. The van der Waals surface area contributed by atoms with E-state index in [1.165, 1.54) is 9.80 Å². The Morgan fingerprint density at radius 2 is 1.21 bits per heavy atom. The molecule has 0 N–H and O–H groups in total. The van der Waals surface area contributed by atoms with Gasteiger partial charge in [-0.25, -0.2) is 0 Å². The average Bonchev–Trinajstić information content (AvgIpc) is 2.36. The number of nitrogens with zero attached hydrogens (tertiary/aromatic N) is 2. The number of thioether (sulfide) groups is 2. The number of rotatable bonds is 4. The lowest BCUT2D eigenvalue weighted by Crippen LogP contribution is -2.42. The molecular formula is C11H14N2O4S2. The molecule has 0 bridgehead atoms. The standard InChI is InChI=1S/C11H14N2O4S2/c14-8-2-6-18-10(16)12(8)4-1-5-13-9(15)3-7-19-11(13)17/h1-7H2. The largest absolute Gasteiger partial charge is 0.288 e. The van der Waals surface area contributed by atoms with Crippen LogP contribution < -0.4 is 0 Å². The van der Waals surface area contributed by atoms with Crippen LogP contribution in [0, 0.1) is 0 Å². The Hall–Kier alpha value is -1.02. The van der Waals surface area contributed by atoms with Gasteiger partial charge in [0.25, 0.3) is 10.5 Å². The topological polar surface area (TPSA) is 74.8 Å². The molecule has 2 heterocycles. The second kappa shape index (κ2) is 6.42. The van der Waals surface area contributed by atoms with Gasteiger partial charge >= 0.3 is 0 Å². The Morgan fingerprint density at radius 3 is 1.58 bits per heavy atom. The zero-order valence-electron chi connectivity index (χ0n) is 10.3. The minimum Gasteiger partial charge on any atom is -0.274 e. The van der Waals surface area contributed by atoms with Crippen LogP contribution in [-0.4, -0.2) is 56.7 Å². The number of hydrogen-bond donors (Lipinski definition) is 0. The van der Waals surface area contributed by atoms with Crippen molar-refractivity contribution >= 4 is 45.8 Å². The minimum absolute atomic E-state index is 0.172. The lowest BCUT2D eigenvalue weighted by atomic mass is 10.3. The normalized spacial score (nSPS) is 21.3. The summed E-state index contributed by atoms with van der Waals surface area (Å²) in [6.45, 7) is 0.540. The van der Waals surface area contributed by atoms with Gasteiger partial charge in [-0.2, -0.15) is 0 Å². The molecule has 2 fully saturated rings. The number of carbonyl (C=O) groups is 4. The fourth-order valence-corrected chi connectivity index (χ4v) is 3.50. The van der Waals surface area contributed by atoms with Gasteiger partial charge in [0, 0.05) is 37.4 Å². The quantitative estimate of drug-likeness (QED) is 0.784. The molecule has 19 heavy (non-hydrogen) atoms. The van der Waals surface area contributed by atoms with Crippen molar-refractivity contribution < 1.29 is 19.2 Å². The highest BCUT2D eigenvalue weighted by Gasteiger charge is 2.29. The molecule has 2 rings (SSSR count). The monoisotopic (exact) mass is 302 g/mol. The average molecular weight is 302 g/mol. The van der Waals surface area contributed by atoms with E-state index in [0.29, 0.717) is 30.8 Å². The molecule has 0 saturated carbocycles. The third-order valence-corrected chi connectivity index (χ3v) is 4.64. The Balaban J connectivity index is 1.82. The van der Waals surface area contributed by atoms with Crippen LogP contribution in [0.4, 0.5) is 9.59 Å². The molecule has 0 aromatic heterocycles. The van der Waals surface area contributed by atoms with Gasteiger partial charge in [0.05, 0.1) is 0 Å². The molecule has 0 unspecified atom stereocenters. The Bertz CT molecular complexity index is 357. The summed E-state index contributed by atoms with van der Waals surface area (Å²) in [7, 11) is 0. The van der Waals surface area contributed by atoms with E-state index in [1.807, 2.05) is 0 Å². The summed E-state index contributed by atoms with van der Waals surface area (Å²) >= 11 is 2.26. The van der Waals surface area contributed by atoms with Crippen molar-refractivity contribution in [3.8, 4) is 0 Å². The third kappa shape index (κ3) is 3.50. The summed E-state index contributed by atoms with van der Waals surface area (Å²) in [6.07, 6.45) is 1.18. The summed E-state index contributed by atoms with van der Waals surface area (Å²) in [4.78, 5) is 48.6. The number of amides is 4. The van der Waals surface area contributed by atoms with Crippen molar-refractivity contribution in [1.82, 2.24) is 9.80 Å². The highest BCUT2D eigenvalue weighted by atomic mass is 32.2. The van der Waals surface area contributed by atoms with Crippen LogP contribution >= 0.6 is 23.5 Å². The summed E-state index contributed by atoms with van der Waals surface area (Å²) < 4.78 is 0. The first-order valence-corrected chi connectivity index (χ1v) is 8.01. The Morgan fingerprint density at radius 1 is 0.789 bits per heavy atom. The maximum absolute atomic E-state index is 11.6. The zero-order valence-corrected chi connectivity index (χ0v) is 11.9. The van der Waals surface area contributed by atoms with E-state index < -0.39 is 0 Å². The number of imide groups is 2. The van der Waals surface area contributed by atoms with Crippen molar-refractivity contribution in [1.29, 1.82) is 0 Å². The first kappa shape index (κ1) is 14.4. The van der Waals surface area contributed by atoms with E-state index in [9.17, 15) is 19.2 Å². The van der Waals surface area contributed by atoms with Gasteiger partial charge in [-0.05, 0) is 6.42 Å². The Labute approximate surface area is 119 Å². The van der Waals surface area contributed by atoms with Crippen molar-refractivity contribution in [2.45, 2.75) is 19.3 Å². The fourth-order valence-electron chi connectivity index (χ4n) is 1.90. The van der Waals surface area contributed by atoms with E-state index >= 15 is 0 Å². The van der Waals surface area contributed by atoms with Gasteiger partial charge in [-0.1, -0.05) is 23.5 Å². The lowest BCUT2D eigenvalue weighted by molar-refractivity contribution is -0.127. The molecule has 104 valence electrons. The van der Waals surface area contributed by atoms with Crippen LogP contribution in [0.3, 0.4) is 0 Å². The molecular weight excluding hydrogens is 288 g/mol. The molecule has 0 atom stereocenters.